The quantitative estimate of drug-likeness (QED) is 0.559. The summed E-state index contributed by atoms with van der Waals surface area (Å²) < 4.78 is 0. The summed E-state index contributed by atoms with van der Waals surface area (Å²) in [4.78, 5) is 31.2. The number of nitrogens with zero attached hydrogens (tertiary/aromatic N) is 4. The highest BCUT2D eigenvalue weighted by Crippen LogP contribution is 2.28. The zero-order valence-corrected chi connectivity index (χ0v) is 15.9. The monoisotopic (exact) mass is 391 g/mol. The molecule has 2 aliphatic rings. The number of anilines is 1. The third-order valence-electron chi connectivity index (χ3n) is 4.74. The van der Waals surface area contributed by atoms with Crippen molar-refractivity contribution in [2.24, 2.45) is 5.92 Å². The Morgan fingerprint density at radius 2 is 2.38 bits per heavy atom. The van der Waals surface area contributed by atoms with Crippen molar-refractivity contribution in [2.45, 2.75) is 12.5 Å². The van der Waals surface area contributed by atoms with Gasteiger partial charge in [-0.15, -0.1) is 11.8 Å². The lowest BCUT2D eigenvalue weighted by atomic mass is 10.0. The highest BCUT2D eigenvalue weighted by atomic mass is 32.2. The fourth-order valence-electron chi connectivity index (χ4n) is 3.33. The minimum atomic E-state index is -0.0411. The minimum Gasteiger partial charge on any atom is -0.348 e. The van der Waals surface area contributed by atoms with Gasteiger partial charge in [0.1, 0.15) is 11.8 Å². The lowest BCUT2D eigenvalue weighted by Crippen LogP contribution is -2.43. The molecule has 1 unspecified atom stereocenters. The third kappa shape index (κ3) is 3.53. The van der Waals surface area contributed by atoms with Crippen molar-refractivity contribution in [3.8, 4) is 0 Å². The predicted molar refractivity (Wildman–Crippen MR) is 106 cm³/mol. The predicted octanol–water partition coefficient (Wildman–Crippen LogP) is 0.772. The smallest absolute Gasteiger partial charge is 0.259 e. The molecule has 0 bridgehead atoms. The number of hydrogen-bond acceptors (Lipinski definition) is 8. The summed E-state index contributed by atoms with van der Waals surface area (Å²) in [6.07, 6.45) is 6.04. The van der Waals surface area contributed by atoms with E-state index in [0.717, 1.165) is 43.1 Å². The van der Waals surface area contributed by atoms with Gasteiger partial charge in [-0.2, -0.15) is 12.6 Å². The van der Waals surface area contributed by atoms with Crippen molar-refractivity contribution >= 4 is 47.3 Å². The maximum absolute atomic E-state index is 12.8. The van der Waals surface area contributed by atoms with Gasteiger partial charge in [-0.25, -0.2) is 15.0 Å². The first-order valence-corrected chi connectivity index (χ1v) is 10.3. The number of thioether (sulfide) groups is 1. The number of carbonyl (C=O) groups excluding carboxylic acids is 1. The topological polar surface area (TPSA) is 98.8 Å². The van der Waals surface area contributed by atoms with Gasteiger partial charge in [0.15, 0.2) is 11.5 Å². The molecule has 0 aliphatic carbocycles. The van der Waals surface area contributed by atoms with E-state index in [1.165, 1.54) is 6.33 Å². The molecule has 0 spiro atoms. The molecule has 2 aromatic heterocycles. The molecule has 8 nitrogen and oxygen atoms in total. The number of amides is 1. The average molecular weight is 392 g/mol. The number of hydrogen-bond donors (Lipinski definition) is 4. The third-order valence-corrected chi connectivity index (χ3v) is 6.12. The molecule has 0 saturated carbocycles. The second-order valence-electron chi connectivity index (χ2n) is 6.35. The molecule has 4 heterocycles. The Kier molecular flexibility index (Phi) is 5.32. The standard InChI is InChI=1S/C16H21N7OS2/c24-16(22-11(7-25)10-1-2-17-5-10)12-6-23(3-4-26-12)15-13-14(19-8-18-13)20-9-21-15/h6,8-11,17,25H,1-5,7H2,(H,22,24)(H,18,19,20,21)/t10-,11?/m0/s1. The summed E-state index contributed by atoms with van der Waals surface area (Å²) in [6, 6.07) is 0.0797. The van der Waals surface area contributed by atoms with Crippen LogP contribution in [-0.2, 0) is 4.79 Å². The fraction of sp³-hybridized carbons (Fsp3) is 0.500. The van der Waals surface area contributed by atoms with Crippen LogP contribution in [0.15, 0.2) is 23.8 Å². The summed E-state index contributed by atoms with van der Waals surface area (Å²) in [5, 5.41) is 6.50. The first-order valence-electron chi connectivity index (χ1n) is 8.64. The lowest BCUT2D eigenvalue weighted by molar-refractivity contribution is -0.117. The molecule has 1 saturated heterocycles. The van der Waals surface area contributed by atoms with E-state index in [2.05, 4.69) is 43.2 Å². The van der Waals surface area contributed by atoms with Crippen LogP contribution >= 0.6 is 24.4 Å². The van der Waals surface area contributed by atoms with Crippen molar-refractivity contribution in [3.63, 3.8) is 0 Å². The van der Waals surface area contributed by atoms with E-state index in [-0.39, 0.29) is 11.9 Å². The van der Waals surface area contributed by atoms with E-state index in [9.17, 15) is 4.79 Å². The Balaban J connectivity index is 1.52. The van der Waals surface area contributed by atoms with Crippen molar-refractivity contribution in [3.05, 3.63) is 23.8 Å². The van der Waals surface area contributed by atoms with Gasteiger partial charge in [0.05, 0.1) is 11.2 Å². The highest BCUT2D eigenvalue weighted by Gasteiger charge is 2.27. The molecular weight excluding hydrogens is 370 g/mol. The number of aromatic amines is 1. The number of nitrogens with one attached hydrogen (secondary N) is 3. The Morgan fingerprint density at radius 1 is 1.46 bits per heavy atom. The average Bonchev–Trinajstić information content (AvgIpc) is 3.37. The summed E-state index contributed by atoms with van der Waals surface area (Å²) in [5.41, 5.74) is 1.40. The van der Waals surface area contributed by atoms with Crippen LogP contribution in [0, 0.1) is 5.92 Å². The molecule has 2 aromatic rings. The van der Waals surface area contributed by atoms with Gasteiger partial charge in [-0.3, -0.25) is 4.79 Å². The van der Waals surface area contributed by atoms with Gasteiger partial charge in [-0.05, 0) is 25.4 Å². The summed E-state index contributed by atoms with van der Waals surface area (Å²) in [6.45, 7) is 2.71. The molecule has 26 heavy (non-hydrogen) atoms. The summed E-state index contributed by atoms with van der Waals surface area (Å²) in [7, 11) is 0. The van der Waals surface area contributed by atoms with E-state index < -0.39 is 0 Å². The molecule has 2 aliphatic heterocycles. The van der Waals surface area contributed by atoms with Crippen LogP contribution in [0.4, 0.5) is 5.82 Å². The van der Waals surface area contributed by atoms with Gasteiger partial charge in [0.25, 0.3) is 5.91 Å². The fourth-order valence-corrected chi connectivity index (χ4v) is 4.62. The van der Waals surface area contributed by atoms with Crippen molar-refractivity contribution in [1.29, 1.82) is 0 Å². The van der Waals surface area contributed by atoms with E-state index in [1.54, 1.807) is 18.1 Å². The maximum atomic E-state index is 12.8. The molecule has 2 atom stereocenters. The van der Waals surface area contributed by atoms with Gasteiger partial charge in [0, 0.05) is 30.3 Å². The number of thiol groups is 1. The van der Waals surface area contributed by atoms with Crippen LogP contribution in [0.3, 0.4) is 0 Å². The van der Waals surface area contributed by atoms with Gasteiger partial charge in [0.2, 0.25) is 0 Å². The van der Waals surface area contributed by atoms with Crippen LogP contribution in [0.1, 0.15) is 6.42 Å². The van der Waals surface area contributed by atoms with E-state index in [0.29, 0.717) is 22.2 Å². The maximum Gasteiger partial charge on any atom is 0.259 e. The van der Waals surface area contributed by atoms with Crippen molar-refractivity contribution in [2.75, 3.05) is 36.0 Å². The van der Waals surface area contributed by atoms with Crippen LogP contribution < -0.4 is 15.5 Å². The number of rotatable bonds is 5. The van der Waals surface area contributed by atoms with Gasteiger partial charge < -0.3 is 20.5 Å². The lowest BCUT2D eigenvalue weighted by Gasteiger charge is -2.27. The van der Waals surface area contributed by atoms with E-state index in [1.807, 2.05) is 11.1 Å². The largest absolute Gasteiger partial charge is 0.348 e. The second-order valence-corrected chi connectivity index (χ2v) is 7.85. The molecule has 1 amide bonds. The van der Waals surface area contributed by atoms with Gasteiger partial charge in [-0.1, -0.05) is 0 Å². The molecule has 0 radical (unpaired) electrons. The van der Waals surface area contributed by atoms with Gasteiger partial charge >= 0.3 is 0 Å². The highest BCUT2D eigenvalue weighted by molar-refractivity contribution is 8.04. The Hall–Kier alpha value is -1.78. The summed E-state index contributed by atoms with van der Waals surface area (Å²) >= 11 is 6.00. The Labute approximate surface area is 161 Å². The molecule has 3 N–H and O–H groups in total. The van der Waals surface area contributed by atoms with Crippen LogP contribution in [-0.4, -0.2) is 63.0 Å². The minimum absolute atomic E-state index is 0.0411. The van der Waals surface area contributed by atoms with Crippen molar-refractivity contribution in [1.82, 2.24) is 30.6 Å². The molecule has 10 heteroatoms. The van der Waals surface area contributed by atoms with Crippen LogP contribution in [0.2, 0.25) is 0 Å². The first kappa shape index (κ1) is 17.6. The normalized spacial score (nSPS) is 21.7. The second kappa shape index (κ2) is 7.85. The molecule has 1 fully saturated rings. The number of H-pyrrole nitrogens is 1. The molecule has 0 aromatic carbocycles. The van der Waals surface area contributed by atoms with Crippen molar-refractivity contribution < 1.29 is 4.79 Å². The number of carbonyl (C=O) groups is 1. The zero-order chi connectivity index (χ0) is 17.9. The SMILES string of the molecule is O=C(NC(CS)[C@H]1CCNC1)C1=CN(c2ncnc3nc[nH]c23)CCS1. The molecule has 138 valence electrons. The van der Waals surface area contributed by atoms with E-state index in [4.69, 9.17) is 0 Å². The molecule has 4 rings (SSSR count). The van der Waals surface area contributed by atoms with E-state index >= 15 is 0 Å². The number of imidazole rings is 1. The van der Waals surface area contributed by atoms with Crippen LogP contribution in [0.5, 0.6) is 0 Å². The zero-order valence-electron chi connectivity index (χ0n) is 14.2. The first-order chi connectivity index (χ1) is 12.8. The van der Waals surface area contributed by atoms with Crippen LogP contribution in [0.25, 0.3) is 11.2 Å². The number of aromatic nitrogens is 4. The Morgan fingerprint density at radius 3 is 3.19 bits per heavy atom. The Bertz CT molecular complexity index is 818. The summed E-state index contributed by atoms with van der Waals surface area (Å²) in [5.74, 6) is 2.59. The molecular formula is C16H21N7OS2. The number of fused-ring (bicyclic) bond motifs is 1.